The number of hydrogen-bond acceptors (Lipinski definition) is 6. The Morgan fingerprint density at radius 3 is 2.88 bits per heavy atom. The molecule has 164 valence electrons. The first-order valence-corrected chi connectivity index (χ1v) is 11.3. The first-order valence-electron chi connectivity index (χ1n) is 11.3. The molecule has 0 spiro atoms. The third-order valence-corrected chi connectivity index (χ3v) is 6.30. The van der Waals surface area contributed by atoms with Gasteiger partial charge in [0.25, 0.3) is 0 Å². The summed E-state index contributed by atoms with van der Waals surface area (Å²) in [6.07, 6.45) is 4.46. The highest BCUT2D eigenvalue weighted by Crippen LogP contribution is 2.42. The fourth-order valence-corrected chi connectivity index (χ4v) is 4.54. The number of fused-ring (bicyclic) bond motifs is 3. The molecule has 1 N–H and O–H groups in total. The number of aryl methyl sites for hydroxylation is 1. The number of aromatic amines is 1. The molecule has 32 heavy (non-hydrogen) atoms. The summed E-state index contributed by atoms with van der Waals surface area (Å²) < 4.78 is 11.7. The Labute approximate surface area is 188 Å². The molecule has 0 atom stereocenters. The molecule has 3 heterocycles. The van der Waals surface area contributed by atoms with Crippen molar-refractivity contribution in [1.82, 2.24) is 20.1 Å². The van der Waals surface area contributed by atoms with Crippen LogP contribution in [0.5, 0.6) is 5.75 Å². The van der Waals surface area contributed by atoms with Gasteiger partial charge >= 0.3 is 0 Å². The lowest BCUT2D eigenvalue weighted by atomic mass is 10.0. The van der Waals surface area contributed by atoms with Crippen LogP contribution in [-0.2, 0) is 17.6 Å². The second-order valence-electron chi connectivity index (χ2n) is 8.27. The Hall–Kier alpha value is -3.21. The van der Waals surface area contributed by atoms with Gasteiger partial charge in [-0.1, -0.05) is 6.92 Å². The van der Waals surface area contributed by atoms with Crippen LogP contribution in [0.1, 0.15) is 35.7 Å². The van der Waals surface area contributed by atoms with Gasteiger partial charge in [0.2, 0.25) is 0 Å². The summed E-state index contributed by atoms with van der Waals surface area (Å²) in [5, 5.41) is 16.8. The highest BCUT2D eigenvalue weighted by atomic mass is 16.5. The molecule has 0 saturated carbocycles. The number of aromatic nitrogens is 3. The summed E-state index contributed by atoms with van der Waals surface area (Å²) in [6.45, 7) is 7.64. The molecule has 1 aromatic carbocycles. The standard InChI is InChI=1S/C25H27N5O2/c1-2-17-12-21-19(14-23(17)32-9-3-6-30-7-10-31-11-8-30)13-22-24(28-29-25(21)22)18-4-5-20(15-26)27-16-18/h4-5,12,14,16H,2-3,6-11,13H2,1H3,(H,28,29). The maximum atomic E-state index is 9.00. The number of nitrogens with one attached hydrogen (secondary N) is 1. The summed E-state index contributed by atoms with van der Waals surface area (Å²) in [4.78, 5) is 6.64. The van der Waals surface area contributed by atoms with E-state index in [2.05, 4.69) is 45.2 Å². The quantitative estimate of drug-likeness (QED) is 0.452. The number of hydrogen-bond donors (Lipinski definition) is 1. The number of nitrogens with zero attached hydrogens (tertiary/aromatic N) is 4. The molecule has 1 aliphatic carbocycles. The Morgan fingerprint density at radius 2 is 2.12 bits per heavy atom. The summed E-state index contributed by atoms with van der Waals surface area (Å²) >= 11 is 0. The molecule has 7 nitrogen and oxygen atoms in total. The van der Waals surface area contributed by atoms with E-state index < -0.39 is 0 Å². The normalized spacial score (nSPS) is 15.2. The first kappa shape index (κ1) is 20.7. The van der Waals surface area contributed by atoms with Gasteiger partial charge in [-0.05, 0) is 48.2 Å². The van der Waals surface area contributed by atoms with E-state index in [-0.39, 0.29) is 0 Å². The van der Waals surface area contributed by atoms with Crippen LogP contribution in [-0.4, -0.2) is 59.5 Å². The largest absolute Gasteiger partial charge is 0.493 e. The van der Waals surface area contributed by atoms with Crippen LogP contribution in [0, 0.1) is 11.3 Å². The monoisotopic (exact) mass is 429 g/mol. The summed E-state index contributed by atoms with van der Waals surface area (Å²) in [5.74, 6) is 0.993. The zero-order valence-corrected chi connectivity index (χ0v) is 18.4. The van der Waals surface area contributed by atoms with Crippen molar-refractivity contribution in [2.75, 3.05) is 39.5 Å². The molecule has 0 bridgehead atoms. The lowest BCUT2D eigenvalue weighted by molar-refractivity contribution is 0.0358. The first-order chi connectivity index (χ1) is 15.8. The van der Waals surface area contributed by atoms with Gasteiger partial charge in [-0.2, -0.15) is 10.4 Å². The number of ether oxygens (including phenoxy) is 2. The minimum Gasteiger partial charge on any atom is -0.493 e. The van der Waals surface area contributed by atoms with Crippen LogP contribution in [0.15, 0.2) is 30.5 Å². The van der Waals surface area contributed by atoms with Crippen molar-refractivity contribution in [2.45, 2.75) is 26.2 Å². The second-order valence-corrected chi connectivity index (χ2v) is 8.27. The predicted molar refractivity (Wildman–Crippen MR) is 122 cm³/mol. The third kappa shape index (κ3) is 3.99. The van der Waals surface area contributed by atoms with Crippen LogP contribution < -0.4 is 4.74 Å². The van der Waals surface area contributed by atoms with Gasteiger partial charge in [0.1, 0.15) is 17.5 Å². The van der Waals surface area contributed by atoms with Crippen molar-refractivity contribution in [1.29, 1.82) is 5.26 Å². The zero-order valence-electron chi connectivity index (χ0n) is 18.4. The van der Waals surface area contributed by atoms with Gasteiger partial charge < -0.3 is 9.47 Å². The second kappa shape index (κ2) is 9.11. The average Bonchev–Trinajstić information content (AvgIpc) is 3.41. The van der Waals surface area contributed by atoms with Crippen molar-refractivity contribution in [2.24, 2.45) is 0 Å². The maximum absolute atomic E-state index is 9.00. The minimum atomic E-state index is 0.409. The maximum Gasteiger partial charge on any atom is 0.140 e. The summed E-state index contributed by atoms with van der Waals surface area (Å²) in [5.41, 5.74) is 8.18. The van der Waals surface area contributed by atoms with Crippen molar-refractivity contribution in [3.05, 3.63) is 52.8 Å². The highest BCUT2D eigenvalue weighted by Gasteiger charge is 2.27. The molecular weight excluding hydrogens is 402 g/mol. The SMILES string of the molecule is CCc1cc2c(cc1OCCCN1CCOCC1)Cc1c(-c3ccc(C#N)nc3)n[nH]c1-2. The molecule has 1 fully saturated rings. The molecule has 2 aromatic heterocycles. The van der Waals surface area contributed by atoms with Gasteiger partial charge in [-0.15, -0.1) is 0 Å². The Morgan fingerprint density at radius 1 is 1.25 bits per heavy atom. The summed E-state index contributed by atoms with van der Waals surface area (Å²) in [7, 11) is 0. The van der Waals surface area contributed by atoms with Gasteiger partial charge in [-0.3, -0.25) is 10.00 Å². The van der Waals surface area contributed by atoms with E-state index in [9.17, 15) is 0 Å². The topological polar surface area (TPSA) is 87.1 Å². The number of nitriles is 1. The van der Waals surface area contributed by atoms with Crippen molar-refractivity contribution in [3.63, 3.8) is 0 Å². The van der Waals surface area contributed by atoms with Crippen molar-refractivity contribution in [3.8, 4) is 34.3 Å². The minimum absolute atomic E-state index is 0.409. The zero-order chi connectivity index (χ0) is 21.9. The predicted octanol–water partition coefficient (Wildman–Crippen LogP) is 3.58. The molecule has 0 radical (unpaired) electrons. The number of benzene rings is 1. The van der Waals surface area contributed by atoms with Gasteiger partial charge in [0, 0.05) is 48.9 Å². The Balaban J connectivity index is 1.31. The van der Waals surface area contributed by atoms with Crippen LogP contribution in [0.2, 0.25) is 0 Å². The van der Waals surface area contributed by atoms with Crippen LogP contribution in [0.4, 0.5) is 0 Å². The van der Waals surface area contributed by atoms with E-state index in [1.165, 1.54) is 22.3 Å². The van der Waals surface area contributed by atoms with Gasteiger partial charge in [-0.25, -0.2) is 4.98 Å². The Kier molecular flexibility index (Phi) is 5.89. The molecule has 1 aliphatic heterocycles. The van der Waals surface area contributed by atoms with Crippen molar-refractivity contribution >= 4 is 0 Å². The number of morpholine rings is 1. The molecular formula is C25H27N5O2. The van der Waals surface area contributed by atoms with E-state index in [1.807, 2.05) is 6.07 Å². The fourth-order valence-electron chi connectivity index (χ4n) is 4.54. The number of pyridine rings is 1. The lowest BCUT2D eigenvalue weighted by Crippen LogP contribution is -2.37. The molecule has 2 aliphatic rings. The van der Waals surface area contributed by atoms with E-state index >= 15 is 0 Å². The number of H-pyrrole nitrogens is 1. The molecule has 0 amide bonds. The van der Waals surface area contributed by atoms with Gasteiger partial charge in [0.15, 0.2) is 0 Å². The molecule has 3 aromatic rings. The van der Waals surface area contributed by atoms with E-state index in [0.717, 1.165) is 81.4 Å². The average molecular weight is 430 g/mol. The Bertz CT molecular complexity index is 1140. The van der Waals surface area contributed by atoms with Crippen LogP contribution >= 0.6 is 0 Å². The van der Waals surface area contributed by atoms with Crippen LogP contribution in [0.3, 0.4) is 0 Å². The summed E-state index contributed by atoms with van der Waals surface area (Å²) in [6, 6.07) is 10.2. The molecule has 1 saturated heterocycles. The third-order valence-electron chi connectivity index (χ3n) is 6.30. The molecule has 7 heteroatoms. The van der Waals surface area contributed by atoms with E-state index in [1.54, 1.807) is 12.3 Å². The van der Waals surface area contributed by atoms with Crippen LogP contribution in [0.25, 0.3) is 22.5 Å². The number of rotatable bonds is 7. The fraction of sp³-hybridized carbons (Fsp3) is 0.400. The smallest absolute Gasteiger partial charge is 0.140 e. The van der Waals surface area contributed by atoms with E-state index in [0.29, 0.717) is 5.69 Å². The highest BCUT2D eigenvalue weighted by molar-refractivity contribution is 5.82. The molecule has 5 rings (SSSR count). The lowest BCUT2D eigenvalue weighted by Gasteiger charge is -2.26. The molecule has 0 unspecified atom stereocenters. The van der Waals surface area contributed by atoms with Crippen molar-refractivity contribution < 1.29 is 9.47 Å². The van der Waals surface area contributed by atoms with Gasteiger partial charge in [0.05, 0.1) is 31.2 Å². The van der Waals surface area contributed by atoms with E-state index in [4.69, 9.17) is 14.7 Å².